The fourth-order valence-corrected chi connectivity index (χ4v) is 5.65. The van der Waals surface area contributed by atoms with Gasteiger partial charge in [-0.25, -0.2) is 0 Å². The van der Waals surface area contributed by atoms with Crippen LogP contribution in [0.25, 0.3) is 0 Å². The standard InChI is InChI=1S/C11H10BrClN2O2S2/c12-6-1-2-9(7(13)3-6)15-10-5-19(16,17)4-8(10)14-11(15)18/h1-3,8,10H,4-5H2,(H-,14,16,17,18)/p+1/t8-,10-/m1/s1. The normalized spacial score (nSPS) is 33.4. The summed E-state index contributed by atoms with van der Waals surface area (Å²) in [7, 11) is -2.76. The molecule has 0 spiro atoms. The smallest absolute Gasteiger partial charge is 0.218 e. The van der Waals surface area contributed by atoms with Crippen LogP contribution in [0, 0.1) is 0 Å². The van der Waals surface area contributed by atoms with Crippen LogP contribution in [0.2, 0.25) is 5.02 Å². The number of halogens is 2. The van der Waals surface area contributed by atoms with Crippen molar-refractivity contribution < 1.29 is 8.76 Å². The molecule has 8 heteroatoms. The maximum Gasteiger partial charge on any atom is 0.218 e. The van der Waals surface area contributed by atoms with E-state index in [1.54, 1.807) is 6.07 Å². The molecule has 2 heterocycles. The van der Waals surface area contributed by atoms with Crippen molar-refractivity contribution in [3.63, 3.8) is 0 Å². The average molecular weight is 383 g/mol. The molecule has 1 unspecified atom stereocenters. The molecule has 1 aromatic rings. The van der Waals surface area contributed by atoms with E-state index in [1.165, 1.54) is 0 Å². The van der Waals surface area contributed by atoms with Gasteiger partial charge in [-0.1, -0.05) is 31.7 Å². The first kappa shape index (κ1) is 13.8. The molecule has 3 atom stereocenters. The molecule has 0 saturated carbocycles. The van der Waals surface area contributed by atoms with E-state index < -0.39 is 10.2 Å². The van der Waals surface area contributed by atoms with Gasteiger partial charge in [0.2, 0.25) is 10.2 Å². The van der Waals surface area contributed by atoms with E-state index in [9.17, 15) is 8.76 Å². The summed E-state index contributed by atoms with van der Waals surface area (Å²) in [5.41, 5.74) is 0.770. The fraction of sp³-hybridized carbons (Fsp3) is 0.364. The zero-order valence-electron chi connectivity index (χ0n) is 9.68. The molecule has 2 aliphatic rings. The Morgan fingerprint density at radius 3 is 2.95 bits per heavy atom. The molecular weight excluding hydrogens is 372 g/mol. The zero-order chi connectivity index (χ0) is 13.8. The summed E-state index contributed by atoms with van der Waals surface area (Å²) in [4.78, 5) is 1.86. The van der Waals surface area contributed by atoms with E-state index >= 15 is 0 Å². The number of benzene rings is 1. The lowest BCUT2D eigenvalue weighted by atomic mass is 10.1. The lowest BCUT2D eigenvalue weighted by Gasteiger charge is -2.23. The van der Waals surface area contributed by atoms with Gasteiger partial charge in [-0.2, -0.15) is 4.55 Å². The Morgan fingerprint density at radius 2 is 2.26 bits per heavy atom. The number of rotatable bonds is 1. The number of hydrogen-bond donors (Lipinski definition) is 2. The van der Waals surface area contributed by atoms with E-state index in [4.69, 9.17) is 23.8 Å². The molecule has 102 valence electrons. The highest BCUT2D eigenvalue weighted by molar-refractivity contribution is 9.10. The number of fused-ring (bicyclic) bond motifs is 1. The minimum atomic E-state index is -2.76. The largest absolute Gasteiger partial charge is 0.352 e. The second-order valence-electron chi connectivity index (χ2n) is 4.69. The minimum Gasteiger partial charge on any atom is -0.352 e. The van der Waals surface area contributed by atoms with Crippen LogP contribution in [0.1, 0.15) is 0 Å². The number of hydrogen-bond acceptors (Lipinski definition) is 2. The summed E-state index contributed by atoms with van der Waals surface area (Å²) < 4.78 is 22.5. The van der Waals surface area contributed by atoms with Crippen LogP contribution in [0.4, 0.5) is 5.69 Å². The van der Waals surface area contributed by atoms with Gasteiger partial charge in [0.05, 0.1) is 10.7 Å². The summed E-state index contributed by atoms with van der Waals surface area (Å²) >= 11 is 14.9. The highest BCUT2D eigenvalue weighted by Gasteiger charge is 2.54. The van der Waals surface area contributed by atoms with Crippen molar-refractivity contribution in [2.45, 2.75) is 12.1 Å². The molecule has 0 bridgehead atoms. The summed E-state index contributed by atoms with van der Waals surface area (Å²) in [6, 6.07) is 5.34. The number of anilines is 1. The average Bonchev–Trinajstić information content (AvgIpc) is 2.70. The monoisotopic (exact) mass is 381 g/mol. The minimum absolute atomic E-state index is 0.0790. The molecule has 1 aromatic carbocycles. The molecule has 0 radical (unpaired) electrons. The summed E-state index contributed by atoms with van der Waals surface area (Å²) in [5.74, 6) is 0.458. The lowest BCUT2D eigenvalue weighted by molar-refractivity contribution is 0.502. The van der Waals surface area contributed by atoms with Gasteiger partial charge in [-0.3, -0.25) is 0 Å². The number of nitrogens with one attached hydrogen (secondary N) is 1. The Balaban J connectivity index is 2.00. The molecule has 2 aliphatic heterocycles. The van der Waals surface area contributed by atoms with Crippen molar-refractivity contribution in [3.8, 4) is 0 Å². The van der Waals surface area contributed by atoms with E-state index in [-0.39, 0.29) is 23.6 Å². The van der Waals surface area contributed by atoms with E-state index in [1.807, 2.05) is 17.0 Å². The highest BCUT2D eigenvalue weighted by Crippen LogP contribution is 2.36. The maximum atomic E-state index is 11.8. The predicted molar refractivity (Wildman–Crippen MR) is 85.4 cm³/mol. The van der Waals surface area contributed by atoms with Crippen LogP contribution < -0.4 is 10.2 Å². The van der Waals surface area contributed by atoms with Gasteiger partial charge in [-0.05, 0) is 30.4 Å². The van der Waals surface area contributed by atoms with Crippen molar-refractivity contribution in [1.82, 2.24) is 5.32 Å². The third-order valence-electron chi connectivity index (χ3n) is 3.36. The topological polar surface area (TPSA) is 52.6 Å². The molecule has 0 amide bonds. The van der Waals surface area contributed by atoms with E-state index in [0.29, 0.717) is 10.1 Å². The first-order chi connectivity index (χ1) is 8.87. The van der Waals surface area contributed by atoms with Gasteiger partial charge in [0.1, 0.15) is 12.1 Å². The Morgan fingerprint density at radius 1 is 1.53 bits per heavy atom. The Labute approximate surface area is 130 Å². The van der Waals surface area contributed by atoms with Crippen molar-refractivity contribution in [3.05, 3.63) is 27.7 Å². The SMILES string of the molecule is O=[S+]1(O)C[C@@H]2[C@@H](C1)NC(=S)N2c1ccc(Br)cc1Cl. The molecule has 2 saturated heterocycles. The molecule has 3 rings (SSSR count). The molecule has 4 nitrogen and oxygen atoms in total. The number of thiocarbonyl (C=S) groups is 1. The molecule has 2 fully saturated rings. The Kier molecular flexibility index (Phi) is 3.38. The second-order valence-corrected chi connectivity index (χ2v) is 8.62. The van der Waals surface area contributed by atoms with Gasteiger partial charge in [0, 0.05) is 4.47 Å². The van der Waals surface area contributed by atoms with Gasteiger partial charge >= 0.3 is 0 Å². The number of nitrogens with zero attached hydrogens (tertiary/aromatic N) is 1. The molecular formula is C11H11BrClN2O2S2+. The zero-order valence-corrected chi connectivity index (χ0v) is 13.7. The lowest BCUT2D eigenvalue weighted by Crippen LogP contribution is -2.37. The second kappa shape index (κ2) is 4.66. The summed E-state index contributed by atoms with van der Waals surface area (Å²) in [6.45, 7) is 0. The molecule has 0 aromatic heterocycles. The predicted octanol–water partition coefficient (Wildman–Crippen LogP) is 2.52. The fourth-order valence-electron chi connectivity index (χ4n) is 2.58. The Hall–Kier alpha value is -0.210. The molecule has 2 N–H and O–H groups in total. The van der Waals surface area contributed by atoms with Crippen LogP contribution in [0.3, 0.4) is 0 Å². The highest BCUT2D eigenvalue weighted by atomic mass is 79.9. The third-order valence-corrected chi connectivity index (χ3v) is 6.22. The van der Waals surface area contributed by atoms with Crippen LogP contribution in [-0.4, -0.2) is 33.3 Å². The van der Waals surface area contributed by atoms with Crippen LogP contribution in [0.5, 0.6) is 0 Å². The van der Waals surface area contributed by atoms with Crippen molar-refractivity contribution in [2.75, 3.05) is 16.4 Å². The first-order valence-corrected chi connectivity index (χ1v) is 9.07. The van der Waals surface area contributed by atoms with Gasteiger partial charge in [-0.15, -0.1) is 0 Å². The first-order valence-electron chi connectivity index (χ1n) is 5.64. The van der Waals surface area contributed by atoms with Crippen LogP contribution >= 0.6 is 39.7 Å². The van der Waals surface area contributed by atoms with Crippen molar-refractivity contribution in [1.29, 1.82) is 0 Å². The van der Waals surface area contributed by atoms with E-state index in [0.717, 1.165) is 10.2 Å². The van der Waals surface area contributed by atoms with E-state index in [2.05, 4.69) is 21.2 Å². The van der Waals surface area contributed by atoms with Crippen LogP contribution in [0.15, 0.2) is 22.7 Å². The van der Waals surface area contributed by atoms with Gasteiger partial charge in [0.15, 0.2) is 16.6 Å². The van der Waals surface area contributed by atoms with Gasteiger partial charge < -0.3 is 10.2 Å². The van der Waals surface area contributed by atoms with Gasteiger partial charge in [0.25, 0.3) is 0 Å². The molecule has 0 aliphatic carbocycles. The van der Waals surface area contributed by atoms with Crippen LogP contribution in [-0.2, 0) is 14.4 Å². The summed E-state index contributed by atoms with van der Waals surface area (Å²) in [5, 5.41) is 4.24. The maximum absolute atomic E-state index is 11.8. The quantitative estimate of drug-likeness (QED) is 0.577. The van der Waals surface area contributed by atoms with Crippen molar-refractivity contribution >= 4 is 60.8 Å². The summed E-state index contributed by atoms with van der Waals surface area (Å²) in [6.07, 6.45) is 0. The Bertz CT molecular complexity index is 612. The molecule has 19 heavy (non-hydrogen) atoms. The third kappa shape index (κ3) is 2.42. The van der Waals surface area contributed by atoms with Crippen molar-refractivity contribution in [2.24, 2.45) is 0 Å².